The summed E-state index contributed by atoms with van der Waals surface area (Å²) in [5.74, 6) is 2.85. The molecule has 2 heterocycles. The molecule has 7 nitrogen and oxygen atoms in total. The highest BCUT2D eigenvalue weighted by Crippen LogP contribution is 2.24. The Kier molecular flexibility index (Phi) is 5.90. The van der Waals surface area contributed by atoms with Gasteiger partial charge in [0.25, 0.3) is 5.88 Å². The molecule has 1 saturated heterocycles. The third-order valence-corrected chi connectivity index (χ3v) is 3.90. The Morgan fingerprint density at radius 2 is 1.92 bits per heavy atom. The maximum atomic E-state index is 5.99. The van der Waals surface area contributed by atoms with Crippen molar-refractivity contribution in [1.82, 2.24) is 15.3 Å². The number of piperazine rings is 1. The van der Waals surface area contributed by atoms with E-state index in [-0.39, 0.29) is 6.10 Å². The number of ether oxygens (including phenoxy) is 3. The van der Waals surface area contributed by atoms with Crippen LogP contribution in [0.5, 0.6) is 17.4 Å². The number of hydrogen-bond acceptors (Lipinski definition) is 7. The van der Waals surface area contributed by atoms with E-state index in [9.17, 15) is 0 Å². The second-order valence-electron chi connectivity index (χ2n) is 5.84. The van der Waals surface area contributed by atoms with Crippen LogP contribution < -0.4 is 24.4 Å². The quantitative estimate of drug-likeness (QED) is 0.820. The van der Waals surface area contributed by atoms with Gasteiger partial charge in [-0.1, -0.05) is 6.07 Å². The van der Waals surface area contributed by atoms with Crippen molar-refractivity contribution < 1.29 is 14.2 Å². The van der Waals surface area contributed by atoms with Crippen molar-refractivity contribution in [3.63, 3.8) is 0 Å². The summed E-state index contributed by atoms with van der Waals surface area (Å²) in [6.07, 6.45) is 3.18. The highest BCUT2D eigenvalue weighted by Gasteiger charge is 2.19. The van der Waals surface area contributed by atoms with Crippen molar-refractivity contribution in [3.05, 3.63) is 36.7 Å². The lowest BCUT2D eigenvalue weighted by Crippen LogP contribution is -2.44. The molecule has 2 aromatic rings. The van der Waals surface area contributed by atoms with Crippen LogP contribution in [0.2, 0.25) is 0 Å². The first-order valence-electron chi connectivity index (χ1n) is 8.46. The largest absolute Gasteiger partial charge is 0.497 e. The summed E-state index contributed by atoms with van der Waals surface area (Å²) in [5.41, 5.74) is 0. The lowest BCUT2D eigenvalue weighted by Gasteiger charge is -2.29. The number of nitrogens with one attached hydrogen (secondary N) is 1. The van der Waals surface area contributed by atoms with Crippen molar-refractivity contribution in [2.24, 2.45) is 0 Å². The number of methoxy groups -OCH3 is 1. The zero-order valence-corrected chi connectivity index (χ0v) is 14.6. The summed E-state index contributed by atoms with van der Waals surface area (Å²) in [5, 5.41) is 3.33. The zero-order valence-electron chi connectivity index (χ0n) is 14.6. The van der Waals surface area contributed by atoms with Crippen LogP contribution in [0.1, 0.15) is 6.92 Å². The molecule has 0 aliphatic carbocycles. The second-order valence-corrected chi connectivity index (χ2v) is 5.84. The molecule has 1 aliphatic rings. The monoisotopic (exact) mass is 344 g/mol. The molecule has 0 amide bonds. The Bertz CT molecular complexity index is 677. The predicted molar refractivity (Wildman–Crippen MR) is 95.7 cm³/mol. The molecule has 3 rings (SSSR count). The molecular formula is C18H24N4O3. The van der Waals surface area contributed by atoms with E-state index < -0.39 is 0 Å². The fourth-order valence-corrected chi connectivity index (χ4v) is 2.62. The van der Waals surface area contributed by atoms with Gasteiger partial charge in [0.1, 0.15) is 24.2 Å². The van der Waals surface area contributed by atoms with Crippen LogP contribution in [-0.4, -0.2) is 56.0 Å². The molecule has 0 saturated carbocycles. The number of anilines is 1. The first-order chi connectivity index (χ1) is 12.3. The van der Waals surface area contributed by atoms with E-state index in [2.05, 4.69) is 20.2 Å². The lowest BCUT2D eigenvalue weighted by atomic mass is 10.3. The van der Waals surface area contributed by atoms with Crippen LogP contribution in [0.4, 0.5) is 5.82 Å². The second kappa shape index (κ2) is 8.53. The molecule has 7 heteroatoms. The highest BCUT2D eigenvalue weighted by molar-refractivity contribution is 5.48. The predicted octanol–water partition coefficient (Wildman–Crippen LogP) is 1.74. The van der Waals surface area contributed by atoms with E-state index in [0.29, 0.717) is 12.5 Å². The molecule has 1 unspecified atom stereocenters. The van der Waals surface area contributed by atoms with Crippen molar-refractivity contribution >= 4 is 5.82 Å². The molecule has 1 N–H and O–H groups in total. The smallest absolute Gasteiger partial charge is 0.258 e. The third-order valence-electron chi connectivity index (χ3n) is 3.90. The Morgan fingerprint density at radius 1 is 1.16 bits per heavy atom. The molecule has 1 atom stereocenters. The van der Waals surface area contributed by atoms with Gasteiger partial charge in [0.05, 0.1) is 7.11 Å². The number of rotatable bonds is 7. The average Bonchev–Trinajstić information content (AvgIpc) is 2.68. The molecule has 134 valence electrons. The van der Waals surface area contributed by atoms with Gasteiger partial charge < -0.3 is 24.4 Å². The standard InChI is InChI=1S/C18H24N4O3/c1-14(13-24-16-5-3-4-15(12-16)23-2)25-18-17(20-6-7-21-18)22-10-8-19-9-11-22/h3-7,12,14,19H,8-11,13H2,1-2H3. The Morgan fingerprint density at radius 3 is 2.72 bits per heavy atom. The van der Waals surface area contributed by atoms with E-state index in [1.165, 1.54) is 0 Å². The number of benzene rings is 1. The SMILES string of the molecule is COc1cccc(OCC(C)Oc2nccnc2N2CCNCC2)c1. The molecule has 1 fully saturated rings. The molecular weight excluding hydrogens is 320 g/mol. The van der Waals surface area contributed by atoms with Crippen LogP contribution >= 0.6 is 0 Å². The summed E-state index contributed by atoms with van der Waals surface area (Å²) in [6.45, 7) is 6.02. The average molecular weight is 344 g/mol. The fraction of sp³-hybridized carbons (Fsp3) is 0.444. The number of nitrogens with zero attached hydrogens (tertiary/aromatic N) is 3. The summed E-state index contributed by atoms with van der Waals surface area (Å²) < 4.78 is 17.0. The van der Waals surface area contributed by atoms with Crippen molar-refractivity contribution in [1.29, 1.82) is 0 Å². The summed E-state index contributed by atoms with van der Waals surface area (Å²) in [7, 11) is 1.64. The van der Waals surface area contributed by atoms with Gasteiger partial charge in [0.2, 0.25) is 0 Å². The molecule has 1 aliphatic heterocycles. The molecule has 25 heavy (non-hydrogen) atoms. The van der Waals surface area contributed by atoms with E-state index in [0.717, 1.165) is 43.5 Å². The normalized spacial score (nSPS) is 15.5. The summed E-state index contributed by atoms with van der Waals surface area (Å²) in [6, 6.07) is 7.52. The Hall–Kier alpha value is -2.54. The van der Waals surface area contributed by atoms with Gasteiger partial charge in [-0.2, -0.15) is 0 Å². The van der Waals surface area contributed by atoms with E-state index in [4.69, 9.17) is 14.2 Å². The first kappa shape index (κ1) is 17.3. The van der Waals surface area contributed by atoms with Gasteiger partial charge in [-0.3, -0.25) is 0 Å². The van der Waals surface area contributed by atoms with Crippen LogP contribution in [0.3, 0.4) is 0 Å². The number of aromatic nitrogens is 2. The molecule has 0 bridgehead atoms. The third kappa shape index (κ3) is 4.73. The van der Waals surface area contributed by atoms with Gasteiger partial charge in [0.15, 0.2) is 5.82 Å². The van der Waals surface area contributed by atoms with Crippen molar-refractivity contribution in [2.75, 3.05) is 44.8 Å². The molecule has 0 spiro atoms. The highest BCUT2D eigenvalue weighted by atomic mass is 16.5. The van der Waals surface area contributed by atoms with E-state index >= 15 is 0 Å². The van der Waals surface area contributed by atoms with E-state index in [1.807, 2.05) is 31.2 Å². The van der Waals surface area contributed by atoms with Crippen LogP contribution in [-0.2, 0) is 0 Å². The zero-order chi connectivity index (χ0) is 17.5. The van der Waals surface area contributed by atoms with Gasteiger partial charge in [-0.15, -0.1) is 0 Å². The van der Waals surface area contributed by atoms with Crippen LogP contribution in [0.15, 0.2) is 36.7 Å². The Labute approximate surface area is 147 Å². The first-order valence-corrected chi connectivity index (χ1v) is 8.46. The van der Waals surface area contributed by atoms with E-state index in [1.54, 1.807) is 19.5 Å². The van der Waals surface area contributed by atoms with Crippen LogP contribution in [0.25, 0.3) is 0 Å². The lowest BCUT2D eigenvalue weighted by molar-refractivity contribution is 0.138. The van der Waals surface area contributed by atoms with Crippen LogP contribution in [0, 0.1) is 0 Å². The summed E-state index contributed by atoms with van der Waals surface area (Å²) >= 11 is 0. The Balaban J connectivity index is 1.59. The van der Waals surface area contributed by atoms with Gasteiger partial charge >= 0.3 is 0 Å². The topological polar surface area (TPSA) is 68.7 Å². The minimum Gasteiger partial charge on any atom is -0.497 e. The molecule has 1 aromatic carbocycles. The van der Waals surface area contributed by atoms with Gasteiger partial charge in [-0.25, -0.2) is 9.97 Å². The summed E-state index contributed by atoms with van der Waals surface area (Å²) in [4.78, 5) is 11.0. The number of hydrogen-bond donors (Lipinski definition) is 1. The maximum absolute atomic E-state index is 5.99. The fourth-order valence-electron chi connectivity index (χ4n) is 2.62. The molecule has 1 aromatic heterocycles. The van der Waals surface area contributed by atoms with Gasteiger partial charge in [-0.05, 0) is 19.1 Å². The maximum Gasteiger partial charge on any atom is 0.258 e. The molecule has 0 radical (unpaired) electrons. The minimum atomic E-state index is -0.162. The van der Waals surface area contributed by atoms with Gasteiger partial charge in [0, 0.05) is 44.6 Å². The van der Waals surface area contributed by atoms with Crippen molar-refractivity contribution in [3.8, 4) is 17.4 Å². The van der Waals surface area contributed by atoms with Crippen molar-refractivity contribution in [2.45, 2.75) is 13.0 Å². The minimum absolute atomic E-state index is 0.162.